The first-order chi connectivity index (χ1) is 9.02. The van der Waals surface area contributed by atoms with Crippen molar-refractivity contribution in [3.63, 3.8) is 0 Å². The van der Waals surface area contributed by atoms with Gasteiger partial charge >= 0.3 is 6.03 Å². The Morgan fingerprint density at radius 2 is 1.74 bits per heavy atom. The fraction of sp³-hybridized carbons (Fsp3) is 0. The first-order valence-electron chi connectivity index (χ1n) is 5.05. The number of amides is 2. The van der Waals surface area contributed by atoms with Crippen LogP contribution in [0.5, 0.6) is 0 Å². The van der Waals surface area contributed by atoms with Gasteiger partial charge in [0, 0.05) is 21.9 Å². The highest BCUT2D eigenvalue weighted by Gasteiger charge is 2.05. The Kier molecular flexibility index (Phi) is 4.42. The van der Waals surface area contributed by atoms with Crippen LogP contribution in [0.25, 0.3) is 0 Å². The summed E-state index contributed by atoms with van der Waals surface area (Å²) in [6.07, 6.45) is 1.43. The van der Waals surface area contributed by atoms with Gasteiger partial charge in [-0.05, 0) is 35.9 Å². The number of hydrogen-bond acceptors (Lipinski definition) is 3. The molecule has 0 atom stereocenters. The molecule has 0 aliphatic heterocycles. The lowest BCUT2D eigenvalue weighted by Crippen LogP contribution is -2.20. The van der Waals surface area contributed by atoms with Gasteiger partial charge < -0.3 is 5.32 Å². The van der Waals surface area contributed by atoms with Crippen LogP contribution in [0.3, 0.4) is 0 Å². The molecule has 1 aromatic heterocycles. The average Bonchev–Trinajstić information content (AvgIpc) is 2.26. The van der Waals surface area contributed by atoms with Crippen molar-refractivity contribution in [3.8, 4) is 0 Å². The highest BCUT2D eigenvalue weighted by atomic mass is 35.5. The molecule has 0 saturated carbocycles. The molecule has 1 heterocycles. The molecule has 1 aromatic carbocycles. The zero-order valence-corrected chi connectivity index (χ0v) is 11.6. The summed E-state index contributed by atoms with van der Waals surface area (Å²) in [6.45, 7) is 0. The van der Waals surface area contributed by atoms with Crippen LogP contribution < -0.4 is 10.6 Å². The van der Waals surface area contributed by atoms with Crippen LogP contribution in [0.1, 0.15) is 0 Å². The van der Waals surface area contributed by atoms with Crippen LogP contribution in [0, 0.1) is 0 Å². The van der Waals surface area contributed by atoms with Crippen molar-refractivity contribution in [2.75, 3.05) is 10.6 Å². The third kappa shape index (κ3) is 4.24. The predicted octanol–water partition coefficient (Wildman–Crippen LogP) is 4.08. The van der Waals surface area contributed by atoms with E-state index in [1.165, 1.54) is 12.3 Å². The number of urea groups is 1. The maximum absolute atomic E-state index is 11.7. The minimum Gasteiger partial charge on any atom is -0.308 e. The Morgan fingerprint density at radius 1 is 1.05 bits per heavy atom. The number of rotatable bonds is 2. The average molecular weight is 318 g/mol. The molecule has 5 nitrogen and oxygen atoms in total. The van der Waals surface area contributed by atoms with E-state index in [2.05, 4.69) is 20.6 Å². The Morgan fingerprint density at radius 3 is 2.37 bits per heavy atom. The Labute approximate surface area is 123 Å². The van der Waals surface area contributed by atoms with Gasteiger partial charge in [0.05, 0.1) is 0 Å². The number of hydrogen-bond donors (Lipinski definition) is 2. The second-order valence-corrected chi connectivity index (χ2v) is 4.66. The van der Waals surface area contributed by atoms with E-state index >= 15 is 0 Å². The number of benzene rings is 1. The first kappa shape index (κ1) is 13.9. The lowest BCUT2D eigenvalue weighted by molar-refractivity contribution is 0.262. The van der Waals surface area contributed by atoms with Crippen LogP contribution in [-0.4, -0.2) is 16.0 Å². The number of halogens is 3. The second kappa shape index (κ2) is 6.06. The highest BCUT2D eigenvalue weighted by Crippen LogP contribution is 2.22. The normalized spacial score (nSPS) is 10.1. The van der Waals surface area contributed by atoms with E-state index in [4.69, 9.17) is 34.8 Å². The molecular weight excluding hydrogens is 311 g/mol. The molecule has 19 heavy (non-hydrogen) atoms. The Balaban J connectivity index is 2.05. The predicted molar refractivity (Wildman–Crippen MR) is 76.1 cm³/mol. The molecule has 8 heteroatoms. The molecular formula is C11H7Cl3N4O. The first-order valence-corrected chi connectivity index (χ1v) is 6.19. The summed E-state index contributed by atoms with van der Waals surface area (Å²) >= 11 is 17.2. The standard InChI is InChI=1S/C11H7Cl3N4O/c12-6-3-7(13)5-8(4-6)16-11(19)18-9-1-2-15-10(14)17-9/h1-5H,(H2,15,16,17,18,19). The molecule has 0 aliphatic rings. The van der Waals surface area contributed by atoms with Crippen molar-refractivity contribution in [2.24, 2.45) is 0 Å². The fourth-order valence-electron chi connectivity index (χ4n) is 1.31. The zero-order valence-electron chi connectivity index (χ0n) is 9.32. The van der Waals surface area contributed by atoms with E-state index in [1.807, 2.05) is 0 Å². The largest absolute Gasteiger partial charge is 0.324 e. The van der Waals surface area contributed by atoms with Gasteiger partial charge in [-0.1, -0.05) is 23.2 Å². The van der Waals surface area contributed by atoms with Crippen molar-refractivity contribution in [1.29, 1.82) is 0 Å². The molecule has 0 saturated heterocycles. The van der Waals surface area contributed by atoms with E-state index < -0.39 is 6.03 Å². The third-order valence-electron chi connectivity index (χ3n) is 1.99. The van der Waals surface area contributed by atoms with Gasteiger partial charge in [-0.25, -0.2) is 14.8 Å². The number of aromatic nitrogens is 2. The summed E-state index contributed by atoms with van der Waals surface area (Å²) in [4.78, 5) is 19.2. The smallest absolute Gasteiger partial charge is 0.308 e. The lowest BCUT2D eigenvalue weighted by Gasteiger charge is -2.07. The van der Waals surface area contributed by atoms with Crippen LogP contribution in [0.4, 0.5) is 16.3 Å². The Bertz CT molecular complexity index is 600. The maximum Gasteiger partial charge on any atom is 0.324 e. The zero-order chi connectivity index (χ0) is 13.8. The molecule has 2 rings (SSSR count). The summed E-state index contributed by atoms with van der Waals surface area (Å²) in [5, 5.41) is 5.96. The molecule has 98 valence electrons. The van der Waals surface area contributed by atoms with Gasteiger partial charge in [0.15, 0.2) is 0 Å². The maximum atomic E-state index is 11.7. The minimum atomic E-state index is -0.492. The van der Waals surface area contributed by atoms with E-state index in [9.17, 15) is 4.79 Å². The van der Waals surface area contributed by atoms with Gasteiger partial charge in [-0.2, -0.15) is 0 Å². The molecule has 0 aliphatic carbocycles. The summed E-state index contributed by atoms with van der Waals surface area (Å²) < 4.78 is 0. The van der Waals surface area contributed by atoms with Crippen LogP contribution in [-0.2, 0) is 0 Å². The van der Waals surface area contributed by atoms with Gasteiger partial charge in [0.2, 0.25) is 5.28 Å². The van der Waals surface area contributed by atoms with Crippen LogP contribution in [0.2, 0.25) is 15.3 Å². The number of carbonyl (C=O) groups is 1. The summed E-state index contributed by atoms with van der Waals surface area (Å²) in [6, 6.07) is 5.72. The monoisotopic (exact) mass is 316 g/mol. The van der Waals surface area contributed by atoms with Crippen molar-refractivity contribution in [1.82, 2.24) is 9.97 Å². The van der Waals surface area contributed by atoms with Crippen LogP contribution in [0.15, 0.2) is 30.5 Å². The quantitative estimate of drug-likeness (QED) is 0.820. The summed E-state index contributed by atoms with van der Waals surface area (Å²) in [5.74, 6) is 0.283. The molecule has 2 aromatic rings. The van der Waals surface area contributed by atoms with Gasteiger partial charge in [-0.15, -0.1) is 0 Å². The van der Waals surface area contributed by atoms with Crippen LogP contribution >= 0.6 is 34.8 Å². The number of nitrogens with zero attached hydrogens (tertiary/aromatic N) is 2. The molecule has 0 fully saturated rings. The fourth-order valence-corrected chi connectivity index (χ4v) is 1.98. The van der Waals surface area contributed by atoms with Gasteiger partial charge in [0.1, 0.15) is 5.82 Å². The molecule has 0 bridgehead atoms. The lowest BCUT2D eigenvalue weighted by atomic mass is 10.3. The summed E-state index contributed by atoms with van der Waals surface area (Å²) in [5.41, 5.74) is 0.468. The second-order valence-electron chi connectivity index (χ2n) is 3.45. The van der Waals surface area contributed by atoms with E-state index in [-0.39, 0.29) is 11.1 Å². The number of nitrogens with one attached hydrogen (secondary N) is 2. The van der Waals surface area contributed by atoms with Crippen molar-refractivity contribution < 1.29 is 4.79 Å². The molecule has 0 radical (unpaired) electrons. The SMILES string of the molecule is O=C(Nc1cc(Cl)cc(Cl)c1)Nc1ccnc(Cl)n1. The Hall–Kier alpha value is -1.56. The van der Waals surface area contributed by atoms with E-state index in [0.717, 1.165) is 0 Å². The molecule has 2 amide bonds. The highest BCUT2D eigenvalue weighted by molar-refractivity contribution is 6.35. The number of anilines is 2. The molecule has 2 N–H and O–H groups in total. The van der Waals surface area contributed by atoms with Gasteiger partial charge in [-0.3, -0.25) is 5.32 Å². The topological polar surface area (TPSA) is 66.9 Å². The molecule has 0 spiro atoms. The van der Waals surface area contributed by atoms with Crippen molar-refractivity contribution >= 4 is 52.3 Å². The minimum absolute atomic E-state index is 0.0450. The van der Waals surface area contributed by atoms with Gasteiger partial charge in [0.25, 0.3) is 0 Å². The van der Waals surface area contributed by atoms with Crippen molar-refractivity contribution in [3.05, 3.63) is 45.8 Å². The summed E-state index contributed by atoms with van der Waals surface area (Å²) in [7, 11) is 0. The third-order valence-corrected chi connectivity index (χ3v) is 2.61. The van der Waals surface area contributed by atoms with Crippen molar-refractivity contribution in [2.45, 2.75) is 0 Å². The van der Waals surface area contributed by atoms with E-state index in [0.29, 0.717) is 15.7 Å². The number of carbonyl (C=O) groups excluding carboxylic acids is 1. The molecule has 0 unspecified atom stereocenters. The van der Waals surface area contributed by atoms with E-state index in [1.54, 1.807) is 18.2 Å².